The number of carbonyl (C=O) groups is 1. The molecule has 0 N–H and O–H groups in total. The predicted octanol–water partition coefficient (Wildman–Crippen LogP) is 4.82. The number of ether oxygens (including phenoxy) is 1. The van der Waals surface area contributed by atoms with Crippen LogP contribution in [0, 0.1) is 0 Å². The second kappa shape index (κ2) is 9.60. The Bertz CT molecular complexity index is 1090. The highest BCUT2D eigenvalue weighted by molar-refractivity contribution is 5.67. The summed E-state index contributed by atoms with van der Waals surface area (Å²) < 4.78 is 43.7. The molecule has 1 amide bonds. The molecule has 0 atom stereocenters. The van der Waals surface area contributed by atoms with Gasteiger partial charge in [0.05, 0.1) is 12.1 Å². The second-order valence-corrected chi connectivity index (χ2v) is 8.64. The lowest BCUT2D eigenvalue weighted by molar-refractivity contribution is -0.137. The van der Waals surface area contributed by atoms with Crippen LogP contribution >= 0.6 is 0 Å². The Morgan fingerprint density at radius 2 is 1.73 bits per heavy atom. The molecule has 33 heavy (non-hydrogen) atoms. The van der Waals surface area contributed by atoms with Crippen molar-refractivity contribution in [3.8, 4) is 11.4 Å². The maximum atomic E-state index is 12.8. The van der Waals surface area contributed by atoms with E-state index < -0.39 is 23.4 Å². The summed E-state index contributed by atoms with van der Waals surface area (Å²) in [5, 5.41) is 12.6. The maximum absolute atomic E-state index is 12.8. The molecular weight excluding hydrogens is 435 g/mol. The number of halogens is 3. The lowest BCUT2D eigenvalue weighted by Crippen LogP contribution is -2.36. The van der Waals surface area contributed by atoms with Gasteiger partial charge in [0.1, 0.15) is 5.60 Å². The fraction of sp³-hybridized carbons (Fsp3) is 0.391. The fourth-order valence-corrected chi connectivity index (χ4v) is 3.04. The number of hydrogen-bond donors (Lipinski definition) is 0. The first kappa shape index (κ1) is 24.2. The van der Waals surface area contributed by atoms with Gasteiger partial charge in [-0.3, -0.25) is 0 Å². The Morgan fingerprint density at radius 1 is 1.06 bits per heavy atom. The van der Waals surface area contributed by atoms with Crippen LogP contribution in [0.4, 0.5) is 18.0 Å². The molecule has 0 unspecified atom stereocenters. The largest absolute Gasteiger partial charge is 0.444 e. The first-order valence-corrected chi connectivity index (χ1v) is 10.4. The van der Waals surface area contributed by atoms with E-state index in [1.54, 1.807) is 27.8 Å². The van der Waals surface area contributed by atoms with Crippen molar-refractivity contribution in [3.05, 3.63) is 65.2 Å². The summed E-state index contributed by atoms with van der Waals surface area (Å²) in [5.74, 6) is 0.400. The number of tetrazole rings is 1. The summed E-state index contributed by atoms with van der Waals surface area (Å²) in [6.45, 7) is 6.05. The van der Waals surface area contributed by atoms with Crippen molar-refractivity contribution >= 4 is 6.09 Å². The summed E-state index contributed by atoms with van der Waals surface area (Å²) in [4.78, 5) is 14.9. The first-order chi connectivity index (χ1) is 15.4. The second-order valence-electron chi connectivity index (χ2n) is 8.64. The standard InChI is InChI=1S/C23H26F3N5O2/c1-22(2,3)33-21(32)30(4)13-14-31-28-20(27-29-31)19-8-6-5-7-17(19)15-16-9-11-18(12-10-16)23(24,25)26/h5-12H,13-15H2,1-4H3. The van der Waals surface area contributed by atoms with Gasteiger partial charge in [-0.25, -0.2) is 4.79 Å². The highest BCUT2D eigenvalue weighted by Gasteiger charge is 2.30. The van der Waals surface area contributed by atoms with Crippen LogP contribution in [0.25, 0.3) is 11.4 Å². The van der Waals surface area contributed by atoms with Crippen LogP contribution in [-0.2, 0) is 23.9 Å². The Balaban J connectivity index is 1.69. The number of benzene rings is 2. The molecule has 2 aromatic carbocycles. The molecule has 0 aliphatic rings. The summed E-state index contributed by atoms with van der Waals surface area (Å²) in [6.07, 6.45) is -4.38. The van der Waals surface area contributed by atoms with Gasteiger partial charge in [-0.1, -0.05) is 36.4 Å². The van der Waals surface area contributed by atoms with E-state index in [0.717, 1.165) is 28.8 Å². The zero-order valence-electron chi connectivity index (χ0n) is 18.9. The molecule has 3 rings (SSSR count). The zero-order chi connectivity index (χ0) is 24.2. The molecule has 1 aromatic heterocycles. The van der Waals surface area contributed by atoms with Crippen LogP contribution in [0.15, 0.2) is 48.5 Å². The van der Waals surface area contributed by atoms with Crippen molar-refractivity contribution in [3.63, 3.8) is 0 Å². The summed E-state index contributed by atoms with van der Waals surface area (Å²) >= 11 is 0. The van der Waals surface area contributed by atoms with Crippen molar-refractivity contribution in [1.29, 1.82) is 0 Å². The number of nitrogens with zero attached hydrogens (tertiary/aromatic N) is 5. The monoisotopic (exact) mass is 461 g/mol. The topological polar surface area (TPSA) is 73.1 Å². The van der Waals surface area contributed by atoms with Crippen molar-refractivity contribution in [1.82, 2.24) is 25.1 Å². The van der Waals surface area contributed by atoms with Crippen LogP contribution in [0.3, 0.4) is 0 Å². The van der Waals surface area contributed by atoms with Crippen LogP contribution < -0.4 is 0 Å². The smallest absolute Gasteiger partial charge is 0.416 e. The number of hydrogen-bond acceptors (Lipinski definition) is 5. The number of rotatable bonds is 6. The fourth-order valence-electron chi connectivity index (χ4n) is 3.04. The van der Waals surface area contributed by atoms with Crippen LogP contribution in [0.2, 0.25) is 0 Å². The molecule has 0 fully saturated rings. The molecule has 1 heterocycles. The lowest BCUT2D eigenvalue weighted by Gasteiger charge is -2.24. The highest BCUT2D eigenvalue weighted by Crippen LogP contribution is 2.30. The molecule has 7 nitrogen and oxygen atoms in total. The Morgan fingerprint density at radius 3 is 2.36 bits per heavy atom. The van der Waals surface area contributed by atoms with Gasteiger partial charge in [0.15, 0.2) is 0 Å². The van der Waals surface area contributed by atoms with Crippen molar-refractivity contribution < 1.29 is 22.7 Å². The van der Waals surface area contributed by atoms with E-state index in [0.29, 0.717) is 25.3 Å². The molecule has 0 spiro atoms. The van der Waals surface area contributed by atoms with E-state index in [1.807, 2.05) is 24.3 Å². The molecule has 0 bridgehead atoms. The molecule has 3 aromatic rings. The molecule has 0 radical (unpaired) electrons. The third kappa shape index (κ3) is 6.77. The van der Waals surface area contributed by atoms with Gasteiger partial charge in [-0.15, -0.1) is 10.2 Å². The van der Waals surface area contributed by atoms with Crippen LogP contribution in [-0.4, -0.2) is 50.4 Å². The number of likely N-dealkylation sites (N-methyl/N-ethyl adjacent to an activating group) is 1. The van der Waals surface area contributed by atoms with Gasteiger partial charge in [0.25, 0.3) is 0 Å². The Hall–Kier alpha value is -3.43. The maximum Gasteiger partial charge on any atom is 0.416 e. The summed E-state index contributed by atoms with van der Waals surface area (Å²) in [5.41, 5.74) is 1.08. The van der Waals surface area contributed by atoms with E-state index in [9.17, 15) is 18.0 Å². The molecule has 0 saturated heterocycles. The minimum absolute atomic E-state index is 0.323. The SMILES string of the molecule is CN(CCn1nnc(-c2ccccc2Cc2ccc(C(F)(F)F)cc2)n1)C(=O)OC(C)(C)C. The summed E-state index contributed by atoms with van der Waals surface area (Å²) in [7, 11) is 1.63. The minimum Gasteiger partial charge on any atom is -0.444 e. The van der Waals surface area contributed by atoms with E-state index in [4.69, 9.17) is 4.74 Å². The molecule has 0 aliphatic carbocycles. The van der Waals surface area contributed by atoms with Crippen molar-refractivity contribution in [2.45, 2.75) is 45.5 Å². The lowest BCUT2D eigenvalue weighted by atomic mass is 9.98. The molecule has 176 valence electrons. The average molecular weight is 461 g/mol. The van der Waals surface area contributed by atoms with Gasteiger partial charge < -0.3 is 9.64 Å². The van der Waals surface area contributed by atoms with Crippen LogP contribution in [0.1, 0.15) is 37.5 Å². The third-order valence-corrected chi connectivity index (χ3v) is 4.73. The zero-order valence-corrected chi connectivity index (χ0v) is 18.9. The Labute approximate surface area is 190 Å². The van der Waals surface area contributed by atoms with Crippen molar-refractivity contribution in [2.24, 2.45) is 0 Å². The van der Waals surface area contributed by atoms with Gasteiger partial charge in [0, 0.05) is 19.2 Å². The van der Waals surface area contributed by atoms with E-state index in [2.05, 4.69) is 15.4 Å². The number of amides is 1. The average Bonchev–Trinajstić information content (AvgIpc) is 3.20. The molecule has 0 aliphatic heterocycles. The van der Waals surface area contributed by atoms with Gasteiger partial charge in [-0.05, 0) is 55.7 Å². The minimum atomic E-state index is -4.36. The Kier molecular flexibility index (Phi) is 7.04. The van der Waals surface area contributed by atoms with E-state index in [-0.39, 0.29) is 0 Å². The van der Waals surface area contributed by atoms with Crippen LogP contribution in [0.5, 0.6) is 0 Å². The first-order valence-electron chi connectivity index (χ1n) is 10.4. The van der Waals surface area contributed by atoms with Gasteiger partial charge in [-0.2, -0.15) is 18.0 Å². The quantitative estimate of drug-likeness (QED) is 0.527. The molecule has 10 heteroatoms. The van der Waals surface area contributed by atoms with Gasteiger partial charge >= 0.3 is 12.3 Å². The number of alkyl halides is 3. The van der Waals surface area contributed by atoms with E-state index in [1.165, 1.54) is 21.8 Å². The van der Waals surface area contributed by atoms with Crippen molar-refractivity contribution in [2.75, 3.05) is 13.6 Å². The van der Waals surface area contributed by atoms with E-state index >= 15 is 0 Å². The number of aromatic nitrogens is 4. The summed E-state index contributed by atoms with van der Waals surface area (Å²) in [6, 6.07) is 12.5. The normalized spacial score (nSPS) is 12.0. The number of carbonyl (C=O) groups excluding carboxylic acids is 1. The highest BCUT2D eigenvalue weighted by atomic mass is 19.4. The molecular formula is C23H26F3N5O2. The van der Waals surface area contributed by atoms with Gasteiger partial charge in [0.2, 0.25) is 5.82 Å². The molecule has 0 saturated carbocycles. The third-order valence-electron chi connectivity index (χ3n) is 4.73. The predicted molar refractivity (Wildman–Crippen MR) is 116 cm³/mol.